The highest BCUT2D eigenvalue weighted by molar-refractivity contribution is 5.69. The third kappa shape index (κ3) is 3.05. The summed E-state index contributed by atoms with van der Waals surface area (Å²) in [7, 11) is 1.43. The van der Waals surface area contributed by atoms with Crippen molar-refractivity contribution in [2.24, 2.45) is 0 Å². The molecule has 0 saturated heterocycles. The van der Waals surface area contributed by atoms with E-state index in [0.717, 1.165) is 12.5 Å². The van der Waals surface area contributed by atoms with Crippen LogP contribution in [0.4, 0.5) is 17.6 Å². The number of halogens is 4. The van der Waals surface area contributed by atoms with Gasteiger partial charge in [-0.2, -0.15) is 0 Å². The van der Waals surface area contributed by atoms with E-state index in [4.69, 9.17) is 4.74 Å². The topological polar surface area (TPSA) is 9.23 Å². The molecule has 0 atom stereocenters. The predicted molar refractivity (Wildman–Crippen MR) is 81.7 cm³/mol. The van der Waals surface area contributed by atoms with E-state index in [9.17, 15) is 17.6 Å². The molecule has 0 bridgehead atoms. The van der Waals surface area contributed by atoms with Gasteiger partial charge in [-0.3, -0.25) is 0 Å². The minimum atomic E-state index is -1.68. The molecule has 0 fully saturated rings. The molecule has 2 aromatic rings. The van der Waals surface area contributed by atoms with E-state index in [1.807, 2.05) is 20.8 Å². The maximum Gasteiger partial charge on any atom is 0.195 e. The maximum absolute atomic E-state index is 14.4. The van der Waals surface area contributed by atoms with Gasteiger partial charge in [0.1, 0.15) is 11.6 Å². The third-order valence-corrected chi connectivity index (χ3v) is 3.78. The first-order valence-corrected chi connectivity index (χ1v) is 7.10. The molecule has 0 spiro atoms. The molecule has 0 aliphatic rings. The van der Waals surface area contributed by atoms with E-state index in [1.165, 1.54) is 13.2 Å². The van der Waals surface area contributed by atoms with Crippen LogP contribution in [-0.2, 0) is 5.41 Å². The Morgan fingerprint density at radius 1 is 0.826 bits per heavy atom. The molecule has 0 radical (unpaired) electrons. The molecule has 5 heteroatoms. The van der Waals surface area contributed by atoms with Crippen LogP contribution in [0.2, 0.25) is 0 Å². The second-order valence-corrected chi connectivity index (χ2v) is 6.46. The van der Waals surface area contributed by atoms with Gasteiger partial charge in [0.05, 0.1) is 12.7 Å². The Morgan fingerprint density at radius 3 is 1.96 bits per heavy atom. The summed E-state index contributed by atoms with van der Waals surface area (Å²) >= 11 is 0. The van der Waals surface area contributed by atoms with Gasteiger partial charge in [0.2, 0.25) is 0 Å². The number of benzene rings is 2. The van der Waals surface area contributed by atoms with Gasteiger partial charge in [0.25, 0.3) is 0 Å². The van der Waals surface area contributed by atoms with Gasteiger partial charge in [-0.1, -0.05) is 26.8 Å². The lowest BCUT2D eigenvalue weighted by molar-refractivity contribution is 0.412. The van der Waals surface area contributed by atoms with E-state index in [2.05, 4.69) is 0 Å². The Balaban J connectivity index is 2.82. The Kier molecular flexibility index (Phi) is 4.42. The van der Waals surface area contributed by atoms with E-state index < -0.39 is 34.4 Å². The maximum atomic E-state index is 14.4. The van der Waals surface area contributed by atoms with Gasteiger partial charge < -0.3 is 4.74 Å². The number of hydrogen-bond acceptors (Lipinski definition) is 1. The first-order chi connectivity index (χ1) is 10.6. The summed E-state index contributed by atoms with van der Waals surface area (Å²) in [4.78, 5) is 0. The average molecular weight is 326 g/mol. The fourth-order valence-corrected chi connectivity index (χ4v) is 2.30. The summed E-state index contributed by atoms with van der Waals surface area (Å²) in [6.45, 7) is 6.85. The van der Waals surface area contributed by atoms with E-state index in [-0.39, 0.29) is 11.0 Å². The first kappa shape index (κ1) is 17.3. The summed E-state index contributed by atoms with van der Waals surface area (Å²) in [6.07, 6.45) is 0. The quantitative estimate of drug-likeness (QED) is 0.401. The molecule has 2 rings (SSSR count). The molecule has 0 amide bonds. The zero-order valence-corrected chi connectivity index (χ0v) is 13.7. The van der Waals surface area contributed by atoms with Crippen LogP contribution in [0.5, 0.6) is 5.75 Å². The van der Waals surface area contributed by atoms with Crippen LogP contribution in [0.1, 0.15) is 31.9 Å². The Hall–Kier alpha value is -2.04. The number of ether oxygens (including phenoxy) is 1. The van der Waals surface area contributed by atoms with Crippen molar-refractivity contribution in [2.45, 2.75) is 33.1 Å². The minimum absolute atomic E-state index is 0.103. The van der Waals surface area contributed by atoms with Gasteiger partial charge in [0, 0.05) is 5.56 Å². The molecule has 1 nitrogen and oxygen atoms in total. The number of methoxy groups -OCH3 is 1. The van der Waals surface area contributed by atoms with Crippen LogP contribution in [0.25, 0.3) is 11.1 Å². The normalized spacial score (nSPS) is 11.7. The third-order valence-electron chi connectivity index (χ3n) is 3.78. The Labute approximate surface area is 132 Å². The molecule has 23 heavy (non-hydrogen) atoms. The smallest absolute Gasteiger partial charge is 0.195 e. The summed E-state index contributed by atoms with van der Waals surface area (Å²) in [6, 6.07) is 4.69. The van der Waals surface area contributed by atoms with E-state index >= 15 is 0 Å². The van der Waals surface area contributed by atoms with Crippen LogP contribution in [0.3, 0.4) is 0 Å². The second kappa shape index (κ2) is 5.87. The van der Waals surface area contributed by atoms with Crippen molar-refractivity contribution in [3.63, 3.8) is 0 Å². The molecule has 0 aromatic heterocycles. The summed E-state index contributed by atoms with van der Waals surface area (Å²) in [5, 5.41) is 0. The standard InChI is InChI=1S/C18H18F4O/c1-9-14(19)13(16(21)17(22)15(9)20)10-6-11(18(2,3)4)8-12(7-10)23-5/h6-8H,1-5H3. The molecule has 124 valence electrons. The van der Waals surface area contributed by atoms with E-state index in [1.54, 1.807) is 12.1 Å². The van der Waals surface area contributed by atoms with Crippen LogP contribution >= 0.6 is 0 Å². The van der Waals surface area contributed by atoms with Crippen molar-refractivity contribution in [3.8, 4) is 16.9 Å². The van der Waals surface area contributed by atoms with Gasteiger partial charge in [0.15, 0.2) is 17.5 Å². The lowest BCUT2D eigenvalue weighted by Gasteiger charge is -2.21. The van der Waals surface area contributed by atoms with Crippen molar-refractivity contribution in [2.75, 3.05) is 7.11 Å². The fraction of sp³-hybridized carbons (Fsp3) is 0.333. The zero-order chi connectivity index (χ0) is 17.5. The minimum Gasteiger partial charge on any atom is -0.497 e. The second-order valence-electron chi connectivity index (χ2n) is 6.46. The number of rotatable bonds is 2. The van der Waals surface area contributed by atoms with Crippen LogP contribution in [-0.4, -0.2) is 7.11 Å². The predicted octanol–water partition coefficient (Wildman–Crippen LogP) is 5.52. The highest BCUT2D eigenvalue weighted by atomic mass is 19.2. The highest BCUT2D eigenvalue weighted by Crippen LogP contribution is 2.36. The van der Waals surface area contributed by atoms with Crippen molar-refractivity contribution < 1.29 is 22.3 Å². The molecule has 0 unspecified atom stereocenters. The SMILES string of the molecule is COc1cc(-c2c(F)c(C)c(F)c(F)c2F)cc(C(C)(C)C)c1. The molecule has 0 aliphatic carbocycles. The molecule has 0 N–H and O–H groups in total. The van der Waals surface area contributed by atoms with Crippen LogP contribution in [0, 0.1) is 30.2 Å². The van der Waals surface area contributed by atoms with Crippen molar-refractivity contribution in [1.82, 2.24) is 0 Å². The number of hydrogen-bond donors (Lipinski definition) is 0. The molecular formula is C18H18F4O. The van der Waals surface area contributed by atoms with Gasteiger partial charge >= 0.3 is 0 Å². The molecule has 0 heterocycles. The first-order valence-electron chi connectivity index (χ1n) is 7.10. The van der Waals surface area contributed by atoms with Gasteiger partial charge in [-0.25, -0.2) is 17.6 Å². The monoisotopic (exact) mass is 326 g/mol. The highest BCUT2D eigenvalue weighted by Gasteiger charge is 2.25. The Morgan fingerprint density at radius 2 is 1.43 bits per heavy atom. The molecule has 0 saturated carbocycles. The van der Waals surface area contributed by atoms with Gasteiger partial charge in [-0.15, -0.1) is 0 Å². The van der Waals surface area contributed by atoms with Crippen LogP contribution < -0.4 is 4.74 Å². The average Bonchev–Trinajstić information content (AvgIpc) is 2.50. The zero-order valence-electron chi connectivity index (χ0n) is 13.7. The Bertz CT molecular complexity index is 732. The summed E-state index contributed by atoms with van der Waals surface area (Å²) in [5.74, 6) is -5.47. The van der Waals surface area contributed by atoms with Gasteiger partial charge in [-0.05, 0) is 35.6 Å². The summed E-state index contributed by atoms with van der Waals surface area (Å²) < 4.78 is 60.9. The largest absolute Gasteiger partial charge is 0.497 e. The van der Waals surface area contributed by atoms with Crippen molar-refractivity contribution >= 4 is 0 Å². The lowest BCUT2D eigenvalue weighted by atomic mass is 9.85. The van der Waals surface area contributed by atoms with Crippen molar-refractivity contribution in [1.29, 1.82) is 0 Å². The summed E-state index contributed by atoms with van der Waals surface area (Å²) in [5.41, 5.74) is -0.603. The lowest BCUT2D eigenvalue weighted by Crippen LogP contribution is -2.12. The van der Waals surface area contributed by atoms with Crippen molar-refractivity contribution in [3.05, 3.63) is 52.6 Å². The van der Waals surface area contributed by atoms with E-state index in [0.29, 0.717) is 5.75 Å². The molecule has 2 aromatic carbocycles. The molecule has 0 aliphatic heterocycles. The fourth-order valence-electron chi connectivity index (χ4n) is 2.30. The van der Waals surface area contributed by atoms with Crippen LogP contribution in [0.15, 0.2) is 18.2 Å². The molecular weight excluding hydrogens is 308 g/mol.